The smallest absolute Gasteiger partial charge is 0.251 e. The number of aromatic nitrogens is 3. The molecule has 2 aromatic heterocycles. The van der Waals surface area contributed by atoms with Gasteiger partial charge in [-0.2, -0.15) is 4.39 Å². The maximum Gasteiger partial charge on any atom is 0.251 e. The highest BCUT2D eigenvalue weighted by Gasteiger charge is 2.31. The third-order valence-electron chi connectivity index (χ3n) is 8.54. The maximum atomic E-state index is 14.8. The van der Waals surface area contributed by atoms with E-state index in [1.165, 1.54) is 31.6 Å². The number of β-amino-alcohol motifs (C(OH)–C–C–N with tert-alkyl or cyclic N) is 1. The normalized spacial score (nSPS) is 21.4. The standard InChI is InChI=1S/C32H35F2N7O4/c1-17-13-20(38-29-30-37-16-25(41(30)12-11-35-29)23-9-10-26(45-2)28(34)27(23)33)7-8-22(17)31(43)39-18-3-5-19(6-4-18)40-32(44)24-14-21(42)15-36-24/h7-13,16,18-19,21,24,36,42H,3-6,14-15H2,1-2H3,(H,35,38)(H,39,43)(H,40,44)/t18-,19-,21-,24+/m1/s1. The van der Waals surface area contributed by atoms with E-state index in [4.69, 9.17) is 4.74 Å². The summed E-state index contributed by atoms with van der Waals surface area (Å²) in [7, 11) is 1.27. The molecule has 0 unspecified atom stereocenters. The molecule has 1 saturated heterocycles. The summed E-state index contributed by atoms with van der Waals surface area (Å²) < 4.78 is 35.7. The number of aliphatic hydroxyl groups is 1. The predicted octanol–water partition coefficient (Wildman–Crippen LogP) is 3.62. The van der Waals surface area contributed by atoms with Crippen molar-refractivity contribution in [3.05, 3.63) is 71.7 Å². The summed E-state index contributed by atoms with van der Waals surface area (Å²) in [6, 6.07) is 7.86. The third-order valence-corrected chi connectivity index (χ3v) is 8.54. The number of rotatable bonds is 8. The highest BCUT2D eigenvalue weighted by molar-refractivity contribution is 5.96. The molecule has 0 bridgehead atoms. The van der Waals surface area contributed by atoms with E-state index in [-0.39, 0.29) is 41.3 Å². The number of ether oxygens (including phenoxy) is 1. The van der Waals surface area contributed by atoms with Gasteiger partial charge in [-0.25, -0.2) is 14.4 Å². The summed E-state index contributed by atoms with van der Waals surface area (Å²) >= 11 is 0. The second-order valence-corrected chi connectivity index (χ2v) is 11.6. The molecule has 5 N–H and O–H groups in total. The Morgan fingerprint density at radius 2 is 1.80 bits per heavy atom. The van der Waals surface area contributed by atoms with Crippen molar-refractivity contribution in [2.45, 2.75) is 63.3 Å². The SMILES string of the molecule is COc1ccc(-c2cnc3c(Nc4ccc(C(=O)N[C@H]5CC[C@H](NC(=O)[C@@H]6C[C@@H](O)CN6)CC5)c(C)c4)nccn23)c(F)c1F. The summed E-state index contributed by atoms with van der Waals surface area (Å²) in [5, 5.41) is 22.1. The van der Waals surface area contributed by atoms with Gasteiger partial charge in [-0.15, -0.1) is 0 Å². The Bertz CT molecular complexity index is 1740. The molecule has 236 valence electrons. The van der Waals surface area contributed by atoms with Crippen molar-refractivity contribution < 1.29 is 28.2 Å². The highest BCUT2D eigenvalue weighted by atomic mass is 19.2. The molecule has 4 aromatic rings. The van der Waals surface area contributed by atoms with Gasteiger partial charge in [0.25, 0.3) is 5.91 Å². The van der Waals surface area contributed by atoms with Crippen molar-refractivity contribution in [2.75, 3.05) is 19.0 Å². The summed E-state index contributed by atoms with van der Waals surface area (Å²) in [6.07, 6.45) is 7.58. The monoisotopic (exact) mass is 619 g/mol. The Kier molecular flexibility index (Phi) is 8.63. The molecule has 2 aliphatic rings. The number of halogens is 2. The zero-order valence-corrected chi connectivity index (χ0v) is 24.9. The Morgan fingerprint density at radius 3 is 2.49 bits per heavy atom. The van der Waals surface area contributed by atoms with Crippen LogP contribution in [-0.2, 0) is 4.79 Å². The average Bonchev–Trinajstić information content (AvgIpc) is 3.67. The van der Waals surface area contributed by atoms with Crippen LogP contribution in [0.1, 0.15) is 48.0 Å². The van der Waals surface area contributed by atoms with Crippen molar-refractivity contribution >= 4 is 29.0 Å². The number of hydrogen-bond acceptors (Lipinski definition) is 8. The first kappa shape index (κ1) is 30.4. The number of carbonyl (C=O) groups excluding carboxylic acids is 2. The number of aliphatic hydroxyl groups excluding tert-OH is 1. The quantitative estimate of drug-likeness (QED) is 0.202. The van der Waals surface area contributed by atoms with Gasteiger partial charge in [0.2, 0.25) is 11.7 Å². The van der Waals surface area contributed by atoms with Gasteiger partial charge in [-0.1, -0.05) is 0 Å². The van der Waals surface area contributed by atoms with Crippen LogP contribution >= 0.6 is 0 Å². The lowest BCUT2D eigenvalue weighted by atomic mass is 9.90. The Labute approximate surface area is 258 Å². The number of methoxy groups -OCH3 is 1. The van der Waals surface area contributed by atoms with E-state index >= 15 is 0 Å². The molecule has 2 amide bonds. The summed E-state index contributed by atoms with van der Waals surface area (Å²) in [4.78, 5) is 34.4. The van der Waals surface area contributed by atoms with E-state index < -0.39 is 17.7 Å². The van der Waals surface area contributed by atoms with Crippen LogP contribution in [0.15, 0.2) is 48.9 Å². The van der Waals surface area contributed by atoms with E-state index in [9.17, 15) is 23.5 Å². The fourth-order valence-corrected chi connectivity index (χ4v) is 6.09. The highest BCUT2D eigenvalue weighted by Crippen LogP contribution is 2.32. The van der Waals surface area contributed by atoms with Gasteiger partial charge in [-0.3, -0.25) is 14.0 Å². The molecule has 2 aromatic carbocycles. The summed E-state index contributed by atoms with van der Waals surface area (Å²) in [6.45, 7) is 2.28. The lowest BCUT2D eigenvalue weighted by Gasteiger charge is -2.30. The van der Waals surface area contributed by atoms with E-state index in [1.807, 2.05) is 13.0 Å². The van der Waals surface area contributed by atoms with Crippen molar-refractivity contribution in [1.82, 2.24) is 30.3 Å². The average molecular weight is 620 g/mol. The topological polar surface area (TPSA) is 142 Å². The number of imidazole rings is 1. The van der Waals surface area contributed by atoms with Gasteiger partial charge in [0.15, 0.2) is 23.0 Å². The van der Waals surface area contributed by atoms with Crippen LogP contribution in [0.2, 0.25) is 0 Å². The van der Waals surface area contributed by atoms with E-state index in [0.717, 1.165) is 31.2 Å². The number of anilines is 2. The number of nitrogens with one attached hydrogen (secondary N) is 4. The predicted molar refractivity (Wildman–Crippen MR) is 163 cm³/mol. The number of aryl methyl sites for hydroxylation is 1. The Morgan fingerprint density at radius 1 is 1.04 bits per heavy atom. The largest absolute Gasteiger partial charge is 0.494 e. The maximum absolute atomic E-state index is 14.8. The van der Waals surface area contributed by atoms with Gasteiger partial charge >= 0.3 is 0 Å². The molecule has 3 heterocycles. The molecule has 1 aliphatic heterocycles. The minimum atomic E-state index is -1.08. The molecular weight excluding hydrogens is 584 g/mol. The lowest BCUT2D eigenvalue weighted by Crippen LogP contribution is -2.48. The van der Waals surface area contributed by atoms with Crippen LogP contribution in [0.3, 0.4) is 0 Å². The number of nitrogens with zero attached hydrogens (tertiary/aromatic N) is 3. The zero-order valence-electron chi connectivity index (χ0n) is 24.9. The number of fused-ring (bicyclic) bond motifs is 1. The van der Waals surface area contributed by atoms with Crippen LogP contribution in [-0.4, -0.2) is 69.2 Å². The molecule has 11 nitrogen and oxygen atoms in total. The minimum absolute atomic E-state index is 0.00901. The van der Waals surface area contributed by atoms with Crippen LogP contribution < -0.4 is 26.0 Å². The fourth-order valence-electron chi connectivity index (χ4n) is 6.09. The van der Waals surface area contributed by atoms with Gasteiger partial charge < -0.3 is 31.1 Å². The van der Waals surface area contributed by atoms with Crippen molar-refractivity contribution in [2.24, 2.45) is 0 Å². The van der Waals surface area contributed by atoms with Crippen LogP contribution in [0.4, 0.5) is 20.3 Å². The molecule has 1 saturated carbocycles. The van der Waals surface area contributed by atoms with Gasteiger partial charge in [-0.05, 0) is 74.9 Å². The Balaban J connectivity index is 1.08. The molecule has 0 spiro atoms. The number of amides is 2. The summed E-state index contributed by atoms with van der Waals surface area (Å²) in [5.41, 5.74) is 2.77. The van der Waals surface area contributed by atoms with Gasteiger partial charge in [0.1, 0.15) is 0 Å². The molecule has 2 atom stereocenters. The van der Waals surface area contributed by atoms with Crippen molar-refractivity contribution in [3.8, 4) is 17.0 Å². The first-order valence-corrected chi connectivity index (χ1v) is 15.0. The van der Waals surface area contributed by atoms with E-state index in [1.54, 1.807) is 22.7 Å². The molecule has 2 fully saturated rings. The number of hydrogen-bond donors (Lipinski definition) is 5. The van der Waals surface area contributed by atoms with Gasteiger partial charge in [0.05, 0.1) is 31.1 Å². The first-order valence-electron chi connectivity index (χ1n) is 15.0. The third kappa shape index (κ3) is 6.31. The van der Waals surface area contributed by atoms with Crippen LogP contribution in [0, 0.1) is 18.6 Å². The molecule has 45 heavy (non-hydrogen) atoms. The molecule has 0 radical (unpaired) electrons. The second kappa shape index (κ2) is 12.8. The van der Waals surface area contributed by atoms with E-state index in [0.29, 0.717) is 41.4 Å². The molecule has 13 heteroatoms. The fraction of sp³-hybridized carbons (Fsp3) is 0.375. The molecular formula is C32H35F2N7O4. The van der Waals surface area contributed by atoms with Crippen LogP contribution in [0.5, 0.6) is 5.75 Å². The first-order chi connectivity index (χ1) is 21.7. The minimum Gasteiger partial charge on any atom is -0.494 e. The number of carbonyl (C=O) groups is 2. The van der Waals surface area contributed by atoms with Gasteiger partial charge in [0, 0.05) is 47.8 Å². The van der Waals surface area contributed by atoms with Crippen molar-refractivity contribution in [1.29, 1.82) is 0 Å². The zero-order chi connectivity index (χ0) is 31.7. The lowest BCUT2D eigenvalue weighted by molar-refractivity contribution is -0.123. The van der Waals surface area contributed by atoms with E-state index in [2.05, 4.69) is 31.2 Å². The number of benzene rings is 2. The van der Waals surface area contributed by atoms with Crippen molar-refractivity contribution in [3.63, 3.8) is 0 Å². The summed E-state index contributed by atoms with van der Waals surface area (Å²) in [5.74, 6) is -2.14. The molecule has 6 rings (SSSR count). The Hall–Kier alpha value is -4.62. The second-order valence-electron chi connectivity index (χ2n) is 11.6. The molecule has 1 aliphatic carbocycles. The van der Waals surface area contributed by atoms with Crippen LogP contribution in [0.25, 0.3) is 16.9 Å².